The molecule has 0 aromatic heterocycles. The first kappa shape index (κ1) is 37.3. The maximum atomic E-state index is 8.33. The van der Waals surface area contributed by atoms with Crippen molar-refractivity contribution >= 4 is 17.5 Å². The number of nitrogens with one attached hydrogen (secondary N) is 2. The van der Waals surface area contributed by atoms with Crippen molar-refractivity contribution < 1.29 is 24.8 Å². The van der Waals surface area contributed by atoms with Crippen LogP contribution in [0.1, 0.15) is 44.5 Å². The Bertz CT molecular complexity index is 1740. The smallest absolute Gasteiger partial charge is 0.134 e. The van der Waals surface area contributed by atoms with Gasteiger partial charge in [-0.2, -0.15) is 0 Å². The van der Waals surface area contributed by atoms with Crippen molar-refractivity contribution in [2.24, 2.45) is 0 Å². The molecule has 0 amide bonds. The first-order chi connectivity index (χ1) is 24.2. The number of hydrogen-bond donors (Lipinski definition) is 2. The molecule has 50 heavy (non-hydrogen) atoms. The zero-order chi connectivity index (χ0) is 35.7. The van der Waals surface area contributed by atoms with E-state index in [4.69, 9.17) is 15.0 Å². The molecule has 0 heterocycles. The molecule has 0 unspecified atom stereocenters. The van der Waals surface area contributed by atoms with Crippen molar-refractivity contribution in [1.29, 1.82) is 0 Å². The van der Waals surface area contributed by atoms with Crippen molar-refractivity contribution in [3.05, 3.63) is 202 Å². The van der Waals surface area contributed by atoms with Gasteiger partial charge in [0.05, 0.1) is 28.2 Å². The van der Waals surface area contributed by atoms with Crippen LogP contribution in [-0.2, 0) is 25.7 Å². The molecule has 256 valence electrons. The quantitative estimate of drug-likeness (QED) is 0.220. The van der Waals surface area contributed by atoms with E-state index in [-0.39, 0.29) is 0 Å². The Balaban J connectivity index is 0.000000203. The molecular weight excluding hydrogens is 617 g/mol. The third-order valence-electron chi connectivity index (χ3n) is 8.55. The molecule has 0 aliphatic carbocycles. The van der Waals surface area contributed by atoms with Gasteiger partial charge in [0, 0.05) is 24.0 Å². The van der Waals surface area contributed by atoms with Gasteiger partial charge in [-0.1, -0.05) is 146 Å². The van der Waals surface area contributed by atoms with Crippen molar-refractivity contribution in [2.45, 2.75) is 25.7 Å². The Morgan fingerprint density at radius 2 is 0.660 bits per heavy atom. The minimum absolute atomic E-state index is 0.990. The number of carbonyl (C=O) groups is 1. The van der Waals surface area contributed by atoms with Crippen molar-refractivity contribution in [3.63, 3.8) is 0 Å². The summed E-state index contributed by atoms with van der Waals surface area (Å²) >= 11 is 0. The molecule has 6 rings (SSSR count). The highest BCUT2D eigenvalue weighted by molar-refractivity contribution is 5.50. The fourth-order valence-electron chi connectivity index (χ4n) is 6.19. The molecule has 0 aliphatic rings. The van der Waals surface area contributed by atoms with Gasteiger partial charge in [0.15, 0.2) is 0 Å². The number of benzene rings is 6. The zero-order valence-corrected chi connectivity index (χ0v) is 29.6. The fourth-order valence-corrected chi connectivity index (χ4v) is 6.19. The molecule has 0 bridgehead atoms. The van der Waals surface area contributed by atoms with E-state index < -0.39 is 6.16 Å². The highest BCUT2D eigenvalue weighted by Gasteiger charge is 2.16. The molecule has 0 spiro atoms. The molecule has 0 aliphatic heterocycles. The van der Waals surface area contributed by atoms with Gasteiger partial charge in [-0.15, -0.1) is 0 Å². The highest BCUT2D eigenvalue weighted by atomic mass is 16.6. The Hall–Kier alpha value is -5.49. The molecule has 0 saturated carbocycles. The van der Waals surface area contributed by atoms with Crippen LogP contribution in [0.4, 0.5) is 16.2 Å². The minimum Gasteiger partial charge on any atom is -0.652 e. The molecule has 0 radical (unpaired) electrons. The van der Waals surface area contributed by atoms with Crippen LogP contribution in [-0.4, -0.2) is 34.3 Å². The molecule has 0 saturated heterocycles. The van der Waals surface area contributed by atoms with E-state index in [9.17, 15) is 0 Å². The second-order valence-electron chi connectivity index (χ2n) is 12.8. The van der Waals surface area contributed by atoms with E-state index in [2.05, 4.69) is 186 Å². The number of hydrogen-bond acceptors (Lipinski definition) is 3. The predicted octanol–water partition coefficient (Wildman–Crippen LogP) is 4.84. The van der Waals surface area contributed by atoms with Crippen LogP contribution in [0.5, 0.6) is 0 Å². The third kappa shape index (κ3) is 11.9. The van der Waals surface area contributed by atoms with E-state index in [1.165, 1.54) is 65.7 Å². The lowest BCUT2D eigenvalue weighted by atomic mass is 9.93. The second kappa shape index (κ2) is 19.5. The summed E-state index contributed by atoms with van der Waals surface area (Å²) in [6.45, 7) is 0. The van der Waals surface area contributed by atoms with Crippen molar-refractivity contribution in [3.8, 4) is 0 Å². The molecule has 5 nitrogen and oxygen atoms in total. The van der Waals surface area contributed by atoms with Crippen molar-refractivity contribution in [2.75, 3.05) is 28.2 Å². The summed E-state index contributed by atoms with van der Waals surface area (Å²) in [5.74, 6) is 0. The summed E-state index contributed by atoms with van der Waals surface area (Å²) < 4.78 is 0. The number of carboxylic acid groups (broad SMARTS) is 2. The minimum atomic E-state index is -2.33. The molecule has 0 fully saturated rings. The van der Waals surface area contributed by atoms with Gasteiger partial charge >= 0.3 is 0 Å². The molecule has 6 aromatic rings. The third-order valence-corrected chi connectivity index (χ3v) is 8.55. The first-order valence-corrected chi connectivity index (χ1v) is 17.1. The van der Waals surface area contributed by atoms with Crippen LogP contribution < -0.4 is 20.0 Å². The van der Waals surface area contributed by atoms with Crippen molar-refractivity contribution in [1.82, 2.24) is 0 Å². The number of rotatable bonds is 10. The topological polar surface area (TPSA) is 72.1 Å². The average molecular weight is 665 g/mol. The van der Waals surface area contributed by atoms with E-state index in [1.807, 2.05) is 0 Å². The van der Waals surface area contributed by atoms with E-state index >= 15 is 0 Å². The molecule has 2 N–H and O–H groups in total. The first-order valence-electron chi connectivity index (χ1n) is 17.1. The zero-order valence-electron chi connectivity index (χ0n) is 29.6. The van der Waals surface area contributed by atoms with Crippen LogP contribution in [0.3, 0.4) is 0 Å². The maximum absolute atomic E-state index is 8.33. The Labute approximate surface area is 297 Å². The van der Waals surface area contributed by atoms with Crippen LogP contribution in [0.25, 0.3) is 0 Å². The number of carbonyl (C=O) groups excluding carboxylic acids is 1. The van der Waals surface area contributed by atoms with Crippen LogP contribution in [0, 0.1) is 0 Å². The van der Waals surface area contributed by atoms with Crippen LogP contribution in [0.15, 0.2) is 158 Å². The van der Waals surface area contributed by atoms with E-state index in [0.29, 0.717) is 0 Å². The van der Waals surface area contributed by atoms with E-state index in [1.54, 1.807) is 0 Å². The summed E-state index contributed by atoms with van der Waals surface area (Å²) in [5.41, 5.74) is 14.0. The lowest BCUT2D eigenvalue weighted by molar-refractivity contribution is -0.786. The summed E-state index contributed by atoms with van der Waals surface area (Å²) in [4.78, 5) is 11.1. The maximum Gasteiger partial charge on any atom is 0.134 e. The van der Waals surface area contributed by atoms with Gasteiger partial charge in [0.25, 0.3) is 0 Å². The summed E-state index contributed by atoms with van der Waals surface area (Å²) in [6, 6.07) is 56.4. The van der Waals surface area contributed by atoms with Gasteiger partial charge in [-0.25, -0.2) is 0 Å². The Kier molecular flexibility index (Phi) is 14.6. The van der Waals surface area contributed by atoms with Gasteiger partial charge in [0.1, 0.15) is 11.4 Å². The molecule has 0 atom stereocenters. The standard InChI is InChI=1S/2C22H23N.CH2O3/c2*1-23(2)22-15-9-14-20(16-18-10-5-3-6-11-18)21(22)17-19-12-7-4-8-13-19;2-1(3)4/h2*3-15H,16-17H2,1-2H3;(H2,2,3,4). The molecule has 5 heteroatoms. The second-order valence-corrected chi connectivity index (χ2v) is 12.8. The van der Waals surface area contributed by atoms with Gasteiger partial charge in [-0.05, 0) is 64.5 Å². The molecular formula is C45H48N2O3. The predicted molar refractivity (Wildman–Crippen MR) is 200 cm³/mol. The average Bonchev–Trinajstić information content (AvgIpc) is 3.11. The van der Waals surface area contributed by atoms with Crippen LogP contribution >= 0.6 is 0 Å². The Morgan fingerprint density at radius 3 is 0.920 bits per heavy atom. The lowest BCUT2D eigenvalue weighted by Gasteiger charge is -2.17. The van der Waals surface area contributed by atoms with E-state index in [0.717, 1.165) is 25.7 Å². The number of quaternary nitrogens is 2. The fraction of sp³-hybridized carbons (Fsp3) is 0.178. The summed E-state index contributed by atoms with van der Waals surface area (Å²) in [5, 5.41) is 16.7. The highest BCUT2D eigenvalue weighted by Crippen LogP contribution is 2.25. The normalized spacial score (nSPS) is 10.5. The van der Waals surface area contributed by atoms with Gasteiger partial charge in [-0.3, -0.25) is 0 Å². The van der Waals surface area contributed by atoms with Gasteiger partial charge < -0.3 is 24.8 Å². The van der Waals surface area contributed by atoms with Gasteiger partial charge in [0.2, 0.25) is 0 Å². The SMILES string of the molecule is C[NH+](C)c1cccc(Cc2ccccc2)c1Cc1ccccc1.C[NH+](C)c1cccc(Cc2ccccc2)c1Cc1ccccc1.O=C([O-])[O-]. The Morgan fingerprint density at radius 1 is 0.400 bits per heavy atom. The lowest BCUT2D eigenvalue weighted by Crippen LogP contribution is -3.00. The van der Waals surface area contributed by atoms with Crippen LogP contribution in [0.2, 0.25) is 0 Å². The summed E-state index contributed by atoms with van der Waals surface area (Å²) in [6.07, 6.45) is 1.63. The monoisotopic (exact) mass is 664 g/mol. The summed E-state index contributed by atoms with van der Waals surface area (Å²) in [7, 11) is 8.82. The largest absolute Gasteiger partial charge is 0.652 e. The molecule has 6 aromatic carbocycles.